The Morgan fingerprint density at radius 3 is 2.72 bits per heavy atom. The van der Waals surface area contributed by atoms with Gasteiger partial charge < -0.3 is 9.80 Å². The number of amides is 1. The normalized spacial score (nSPS) is 16.4. The van der Waals surface area contributed by atoms with Crippen LogP contribution < -0.4 is 9.80 Å². The third-order valence-corrected chi connectivity index (χ3v) is 5.07. The first kappa shape index (κ1) is 19.0. The van der Waals surface area contributed by atoms with E-state index >= 15 is 0 Å². The van der Waals surface area contributed by atoms with Crippen molar-refractivity contribution in [3.8, 4) is 17.5 Å². The summed E-state index contributed by atoms with van der Waals surface area (Å²) in [5.74, 6) is 1.92. The number of nitrogens with zero attached hydrogens (tertiary/aromatic N) is 8. The first-order chi connectivity index (χ1) is 14.0. The van der Waals surface area contributed by atoms with Crippen molar-refractivity contribution in [3.63, 3.8) is 0 Å². The van der Waals surface area contributed by atoms with E-state index in [0.717, 1.165) is 18.7 Å². The second kappa shape index (κ2) is 7.57. The predicted octanol–water partition coefficient (Wildman–Crippen LogP) is 2.48. The van der Waals surface area contributed by atoms with E-state index in [4.69, 9.17) is 4.98 Å². The van der Waals surface area contributed by atoms with E-state index in [-0.39, 0.29) is 18.0 Å². The molecule has 3 aromatic rings. The summed E-state index contributed by atoms with van der Waals surface area (Å²) >= 11 is 0. The fraction of sp³-hybridized carbons (Fsp3) is 0.400. The summed E-state index contributed by atoms with van der Waals surface area (Å²) in [5, 5.41) is 8.08. The van der Waals surface area contributed by atoms with E-state index < -0.39 is 0 Å². The molecule has 0 spiro atoms. The van der Waals surface area contributed by atoms with Crippen LogP contribution in [0.25, 0.3) is 17.5 Å². The molecule has 0 saturated carbocycles. The third-order valence-electron chi connectivity index (χ3n) is 5.07. The van der Waals surface area contributed by atoms with Gasteiger partial charge in [0, 0.05) is 31.7 Å². The molecule has 1 aliphatic rings. The van der Waals surface area contributed by atoms with E-state index in [1.807, 2.05) is 12.1 Å². The molecule has 0 N–H and O–H groups in total. The Kier molecular flexibility index (Phi) is 4.96. The van der Waals surface area contributed by atoms with Gasteiger partial charge in [0.15, 0.2) is 11.6 Å². The Morgan fingerprint density at radius 2 is 2.03 bits per heavy atom. The molecule has 1 atom stereocenters. The first-order valence-electron chi connectivity index (χ1n) is 9.77. The van der Waals surface area contributed by atoms with Crippen LogP contribution in [0, 0.1) is 0 Å². The smallest absolute Gasteiger partial charge is 0.249 e. The molecule has 9 heteroatoms. The predicted molar refractivity (Wildman–Crippen MR) is 110 cm³/mol. The van der Waals surface area contributed by atoms with Gasteiger partial charge in [0.25, 0.3) is 0 Å². The summed E-state index contributed by atoms with van der Waals surface area (Å²) in [7, 11) is 1.78. The van der Waals surface area contributed by atoms with Gasteiger partial charge >= 0.3 is 0 Å². The minimum absolute atomic E-state index is 0.0762. The summed E-state index contributed by atoms with van der Waals surface area (Å²) in [6.45, 7) is 6.25. The number of anilines is 2. The lowest BCUT2D eigenvalue weighted by atomic mass is 10.0. The molecule has 4 rings (SSSR count). The standard InChI is InChI=1S/C20H24N8O/c1-5-7-15-19(29)26(4)16-12-22-20(24-18(16)28(15)13(2)3)27-11-10-21-17(27)14-8-6-9-23-25-14/h6,8-13,15H,5,7H2,1-4H3. The largest absolute Gasteiger partial charge is 0.340 e. The highest BCUT2D eigenvalue weighted by molar-refractivity contribution is 6.04. The fourth-order valence-electron chi connectivity index (χ4n) is 3.72. The Bertz CT molecular complexity index is 1020. The van der Waals surface area contributed by atoms with Crippen molar-refractivity contribution in [3.05, 3.63) is 36.9 Å². The van der Waals surface area contributed by atoms with E-state index in [1.54, 1.807) is 41.3 Å². The number of carbonyl (C=O) groups excluding carboxylic acids is 1. The van der Waals surface area contributed by atoms with E-state index in [0.29, 0.717) is 23.2 Å². The Labute approximate surface area is 169 Å². The molecule has 9 nitrogen and oxygen atoms in total. The number of hydrogen-bond donors (Lipinski definition) is 0. The van der Waals surface area contributed by atoms with E-state index in [1.165, 1.54) is 0 Å². The number of imidazole rings is 1. The number of carbonyl (C=O) groups is 1. The van der Waals surface area contributed by atoms with Gasteiger partial charge in [-0.25, -0.2) is 9.97 Å². The molecule has 0 aromatic carbocycles. The molecule has 0 saturated heterocycles. The Hall–Kier alpha value is -3.36. The summed E-state index contributed by atoms with van der Waals surface area (Å²) in [4.78, 5) is 30.5. The molecule has 150 valence electrons. The highest BCUT2D eigenvalue weighted by Gasteiger charge is 2.38. The van der Waals surface area contributed by atoms with Gasteiger partial charge in [-0.3, -0.25) is 9.36 Å². The van der Waals surface area contributed by atoms with Crippen LogP contribution in [0.3, 0.4) is 0 Å². The zero-order valence-corrected chi connectivity index (χ0v) is 17.0. The van der Waals surface area contributed by atoms with Gasteiger partial charge in [-0.1, -0.05) is 13.3 Å². The molecule has 0 bridgehead atoms. The lowest BCUT2D eigenvalue weighted by Crippen LogP contribution is -2.55. The second-order valence-corrected chi connectivity index (χ2v) is 7.31. The maximum absolute atomic E-state index is 12.9. The zero-order chi connectivity index (χ0) is 20.5. The maximum atomic E-state index is 12.9. The quantitative estimate of drug-likeness (QED) is 0.658. The number of likely N-dealkylation sites (N-methyl/N-ethyl adjacent to an activating group) is 1. The highest BCUT2D eigenvalue weighted by Crippen LogP contribution is 2.36. The SMILES string of the molecule is CCCC1C(=O)N(C)c2cnc(-n3ccnc3-c3cccnn3)nc2N1C(C)C. The Balaban J connectivity index is 1.84. The van der Waals surface area contributed by atoms with E-state index in [2.05, 4.69) is 45.8 Å². The van der Waals surface area contributed by atoms with Crippen LogP contribution in [-0.4, -0.2) is 54.8 Å². The summed E-state index contributed by atoms with van der Waals surface area (Å²) in [6, 6.07) is 3.54. The molecule has 3 aromatic heterocycles. The zero-order valence-electron chi connectivity index (χ0n) is 17.0. The maximum Gasteiger partial charge on any atom is 0.249 e. The third kappa shape index (κ3) is 3.22. The Morgan fingerprint density at radius 1 is 1.21 bits per heavy atom. The van der Waals surface area contributed by atoms with Crippen LogP contribution in [-0.2, 0) is 4.79 Å². The molecule has 0 radical (unpaired) electrons. The van der Waals surface area contributed by atoms with Crippen molar-refractivity contribution < 1.29 is 4.79 Å². The van der Waals surface area contributed by atoms with Gasteiger partial charge in [-0.2, -0.15) is 10.1 Å². The molecule has 4 heterocycles. The van der Waals surface area contributed by atoms with Crippen LogP contribution >= 0.6 is 0 Å². The lowest BCUT2D eigenvalue weighted by Gasteiger charge is -2.42. The van der Waals surface area contributed by atoms with Crippen LogP contribution in [0.1, 0.15) is 33.6 Å². The summed E-state index contributed by atoms with van der Waals surface area (Å²) in [5.41, 5.74) is 1.34. The van der Waals surface area contributed by atoms with Crippen LogP contribution in [0.5, 0.6) is 0 Å². The second-order valence-electron chi connectivity index (χ2n) is 7.31. The molecule has 0 fully saturated rings. The van der Waals surface area contributed by atoms with Crippen molar-refractivity contribution in [1.82, 2.24) is 29.7 Å². The lowest BCUT2D eigenvalue weighted by molar-refractivity contribution is -0.120. The first-order valence-corrected chi connectivity index (χ1v) is 9.77. The fourth-order valence-corrected chi connectivity index (χ4v) is 3.72. The molecule has 0 aliphatic carbocycles. The van der Waals surface area contributed by atoms with Gasteiger partial charge in [-0.05, 0) is 32.4 Å². The number of hydrogen-bond acceptors (Lipinski definition) is 7. The van der Waals surface area contributed by atoms with Crippen LogP contribution in [0.2, 0.25) is 0 Å². The molecular weight excluding hydrogens is 368 g/mol. The van der Waals surface area contributed by atoms with Gasteiger partial charge in [0.05, 0.1) is 6.20 Å². The molecule has 1 unspecified atom stereocenters. The number of aromatic nitrogens is 6. The minimum Gasteiger partial charge on any atom is -0.340 e. The summed E-state index contributed by atoms with van der Waals surface area (Å²) < 4.78 is 1.79. The van der Waals surface area contributed by atoms with Gasteiger partial charge in [0.2, 0.25) is 11.9 Å². The van der Waals surface area contributed by atoms with Crippen LogP contribution in [0.4, 0.5) is 11.5 Å². The molecular formula is C20H24N8O. The average Bonchev–Trinajstić information content (AvgIpc) is 3.22. The average molecular weight is 392 g/mol. The van der Waals surface area contributed by atoms with Gasteiger partial charge in [-0.15, -0.1) is 5.10 Å². The van der Waals surface area contributed by atoms with E-state index in [9.17, 15) is 4.79 Å². The van der Waals surface area contributed by atoms with Crippen molar-refractivity contribution >= 4 is 17.4 Å². The minimum atomic E-state index is -0.234. The van der Waals surface area contributed by atoms with Gasteiger partial charge in [0.1, 0.15) is 17.4 Å². The molecule has 1 amide bonds. The van der Waals surface area contributed by atoms with Crippen LogP contribution in [0.15, 0.2) is 36.9 Å². The van der Waals surface area contributed by atoms with Crippen molar-refractivity contribution in [2.45, 2.75) is 45.7 Å². The molecule has 29 heavy (non-hydrogen) atoms. The van der Waals surface area contributed by atoms with Crippen molar-refractivity contribution in [2.24, 2.45) is 0 Å². The van der Waals surface area contributed by atoms with Crippen molar-refractivity contribution in [2.75, 3.05) is 16.8 Å². The monoisotopic (exact) mass is 392 g/mol. The summed E-state index contributed by atoms with van der Waals surface area (Å²) in [6.07, 6.45) is 8.49. The number of fused-ring (bicyclic) bond motifs is 1. The number of rotatable bonds is 5. The topological polar surface area (TPSA) is 92.9 Å². The highest BCUT2D eigenvalue weighted by atomic mass is 16.2. The van der Waals surface area contributed by atoms with Crippen molar-refractivity contribution in [1.29, 1.82) is 0 Å². The molecule has 1 aliphatic heterocycles.